The number of imidazole rings is 1. The lowest BCUT2D eigenvalue weighted by atomic mass is 10.6. The van der Waals surface area contributed by atoms with E-state index >= 15 is 0 Å². The second kappa shape index (κ2) is 1.88. The first-order chi connectivity index (χ1) is 4.88. The summed E-state index contributed by atoms with van der Waals surface area (Å²) in [5, 5.41) is 0. The summed E-state index contributed by atoms with van der Waals surface area (Å²) in [6.07, 6.45) is 1.46. The number of hydrogen-bond acceptors (Lipinski definition) is 4. The van der Waals surface area contributed by atoms with Gasteiger partial charge in [-0.2, -0.15) is 0 Å². The van der Waals surface area contributed by atoms with Crippen LogP contribution in [0.25, 0.3) is 11.2 Å². The summed E-state index contributed by atoms with van der Waals surface area (Å²) in [5.41, 5.74) is 2.47. The van der Waals surface area contributed by atoms with Crippen molar-refractivity contribution in [3.05, 3.63) is 21.4 Å². The Balaban J connectivity index is 3.09. The highest BCUT2D eigenvalue weighted by Crippen LogP contribution is 1.98. The van der Waals surface area contributed by atoms with Crippen molar-refractivity contribution in [2.75, 3.05) is 0 Å². The largest absolute Gasteiger partial charge is 0.339 e. The highest BCUT2D eigenvalue weighted by molar-refractivity contribution is 7.07. The maximum Gasteiger partial charge on any atom is 0.261 e. The standard InChI is InChI=1S/C5H3N3OS/c9-5-3-4(7-1-6-3)8-2-10-5/h1-2H,(H,6,7). The van der Waals surface area contributed by atoms with Crippen LogP contribution >= 0.6 is 11.3 Å². The molecule has 0 saturated carbocycles. The molecular formula is C5H3N3OS. The number of H-pyrrole nitrogens is 1. The van der Waals surface area contributed by atoms with Crippen LogP contribution in [0.5, 0.6) is 0 Å². The Morgan fingerprint density at radius 1 is 1.50 bits per heavy atom. The van der Waals surface area contributed by atoms with Crippen molar-refractivity contribution in [1.82, 2.24) is 15.0 Å². The van der Waals surface area contributed by atoms with Crippen molar-refractivity contribution >= 4 is 22.5 Å². The van der Waals surface area contributed by atoms with Crippen molar-refractivity contribution < 1.29 is 0 Å². The zero-order valence-electron chi connectivity index (χ0n) is 4.87. The lowest BCUT2D eigenvalue weighted by molar-refractivity contribution is 1.31. The molecule has 5 heteroatoms. The average molecular weight is 153 g/mol. The molecule has 0 aliphatic carbocycles. The first-order valence-corrected chi connectivity index (χ1v) is 3.53. The minimum Gasteiger partial charge on any atom is -0.339 e. The smallest absolute Gasteiger partial charge is 0.261 e. The van der Waals surface area contributed by atoms with E-state index in [-0.39, 0.29) is 4.74 Å². The van der Waals surface area contributed by atoms with Crippen LogP contribution < -0.4 is 4.74 Å². The highest BCUT2D eigenvalue weighted by Gasteiger charge is 1.98. The van der Waals surface area contributed by atoms with Gasteiger partial charge in [-0.1, -0.05) is 11.3 Å². The maximum absolute atomic E-state index is 10.9. The van der Waals surface area contributed by atoms with E-state index in [2.05, 4.69) is 15.0 Å². The number of fused-ring (bicyclic) bond motifs is 1. The lowest BCUT2D eigenvalue weighted by Gasteiger charge is -1.79. The van der Waals surface area contributed by atoms with Crippen LogP contribution in [-0.4, -0.2) is 15.0 Å². The number of aromatic nitrogens is 3. The predicted molar refractivity (Wildman–Crippen MR) is 38.0 cm³/mol. The zero-order chi connectivity index (χ0) is 6.97. The molecule has 2 heterocycles. The molecule has 2 rings (SSSR count). The zero-order valence-corrected chi connectivity index (χ0v) is 5.68. The van der Waals surface area contributed by atoms with E-state index in [1.54, 1.807) is 0 Å². The van der Waals surface area contributed by atoms with Crippen LogP contribution in [0.1, 0.15) is 0 Å². The summed E-state index contributed by atoms with van der Waals surface area (Å²) in [6, 6.07) is 0. The van der Waals surface area contributed by atoms with Crippen molar-refractivity contribution in [3.63, 3.8) is 0 Å². The third-order valence-corrected chi connectivity index (χ3v) is 1.79. The Morgan fingerprint density at radius 3 is 3.20 bits per heavy atom. The molecule has 10 heavy (non-hydrogen) atoms. The van der Waals surface area contributed by atoms with E-state index in [4.69, 9.17) is 0 Å². The SMILES string of the molecule is O=c1scnc2nc[nH]c12. The third kappa shape index (κ3) is 0.640. The summed E-state index contributed by atoms with van der Waals surface area (Å²) < 4.78 is -0.0255. The molecule has 0 spiro atoms. The van der Waals surface area contributed by atoms with Crippen molar-refractivity contribution in [2.24, 2.45) is 0 Å². The van der Waals surface area contributed by atoms with Crippen LogP contribution in [-0.2, 0) is 0 Å². The summed E-state index contributed by atoms with van der Waals surface area (Å²) in [7, 11) is 0. The fraction of sp³-hybridized carbons (Fsp3) is 0. The first kappa shape index (κ1) is 5.55. The summed E-state index contributed by atoms with van der Waals surface area (Å²) in [4.78, 5) is 21.4. The highest BCUT2D eigenvalue weighted by atomic mass is 32.1. The quantitative estimate of drug-likeness (QED) is 0.595. The van der Waals surface area contributed by atoms with Gasteiger partial charge >= 0.3 is 0 Å². The van der Waals surface area contributed by atoms with E-state index in [0.29, 0.717) is 11.2 Å². The van der Waals surface area contributed by atoms with Gasteiger partial charge in [0.1, 0.15) is 5.52 Å². The molecule has 50 valence electrons. The Morgan fingerprint density at radius 2 is 2.40 bits per heavy atom. The van der Waals surface area contributed by atoms with Gasteiger partial charge in [-0.15, -0.1) is 0 Å². The molecule has 1 N–H and O–H groups in total. The third-order valence-electron chi connectivity index (χ3n) is 1.16. The van der Waals surface area contributed by atoms with Crippen LogP contribution in [0, 0.1) is 0 Å². The van der Waals surface area contributed by atoms with Gasteiger partial charge in [-0.25, -0.2) is 9.97 Å². The van der Waals surface area contributed by atoms with Gasteiger partial charge < -0.3 is 4.98 Å². The Hall–Kier alpha value is -1.23. The number of nitrogens with zero attached hydrogens (tertiary/aromatic N) is 2. The normalized spacial score (nSPS) is 10.4. The van der Waals surface area contributed by atoms with E-state index in [1.807, 2.05) is 0 Å². The molecule has 0 fully saturated rings. The van der Waals surface area contributed by atoms with Gasteiger partial charge in [-0.3, -0.25) is 4.79 Å². The van der Waals surface area contributed by atoms with Crippen molar-refractivity contribution in [1.29, 1.82) is 0 Å². The Labute approximate surface area is 59.6 Å². The lowest BCUT2D eigenvalue weighted by Crippen LogP contribution is -1.94. The fourth-order valence-electron chi connectivity index (χ4n) is 0.718. The fourth-order valence-corrected chi connectivity index (χ4v) is 1.23. The van der Waals surface area contributed by atoms with E-state index < -0.39 is 0 Å². The monoisotopic (exact) mass is 153 g/mol. The second-order valence-corrected chi connectivity index (χ2v) is 2.56. The summed E-state index contributed by atoms with van der Waals surface area (Å²) >= 11 is 1.06. The number of rotatable bonds is 0. The maximum atomic E-state index is 10.9. The molecule has 0 bridgehead atoms. The number of hydrogen-bond donors (Lipinski definition) is 1. The van der Waals surface area contributed by atoms with Crippen LogP contribution in [0.2, 0.25) is 0 Å². The van der Waals surface area contributed by atoms with Gasteiger partial charge in [0.2, 0.25) is 0 Å². The van der Waals surface area contributed by atoms with E-state index in [9.17, 15) is 4.79 Å². The molecule has 0 aliphatic heterocycles. The van der Waals surface area contributed by atoms with E-state index in [1.165, 1.54) is 11.8 Å². The predicted octanol–water partition coefficient (Wildman–Crippen LogP) is 0.380. The van der Waals surface area contributed by atoms with Crippen molar-refractivity contribution in [2.45, 2.75) is 0 Å². The van der Waals surface area contributed by atoms with Gasteiger partial charge in [-0.05, 0) is 0 Å². The minimum atomic E-state index is -0.0255. The molecule has 0 aromatic carbocycles. The van der Waals surface area contributed by atoms with Gasteiger partial charge in [0.05, 0.1) is 11.8 Å². The molecule has 0 amide bonds. The van der Waals surface area contributed by atoms with Gasteiger partial charge in [0.25, 0.3) is 4.74 Å². The molecule has 0 aliphatic rings. The molecule has 0 radical (unpaired) electrons. The van der Waals surface area contributed by atoms with Gasteiger partial charge in [0, 0.05) is 0 Å². The van der Waals surface area contributed by atoms with Crippen molar-refractivity contribution in [3.8, 4) is 0 Å². The number of nitrogens with one attached hydrogen (secondary N) is 1. The van der Waals surface area contributed by atoms with Crippen LogP contribution in [0.15, 0.2) is 16.6 Å². The summed E-state index contributed by atoms with van der Waals surface area (Å²) in [6.45, 7) is 0. The number of aromatic amines is 1. The molecule has 2 aromatic heterocycles. The molecule has 0 atom stereocenters. The van der Waals surface area contributed by atoms with E-state index in [0.717, 1.165) is 11.3 Å². The molecule has 4 nitrogen and oxygen atoms in total. The Bertz CT molecular complexity index is 404. The molecule has 0 saturated heterocycles. The topological polar surface area (TPSA) is 58.6 Å². The first-order valence-electron chi connectivity index (χ1n) is 2.65. The van der Waals surface area contributed by atoms with Gasteiger partial charge in [0.15, 0.2) is 5.65 Å². The molecular weight excluding hydrogens is 150 g/mol. The van der Waals surface area contributed by atoms with Crippen LogP contribution in [0.4, 0.5) is 0 Å². The average Bonchev–Trinajstić information content (AvgIpc) is 2.36. The second-order valence-electron chi connectivity index (χ2n) is 1.74. The molecule has 2 aromatic rings. The van der Waals surface area contributed by atoms with Crippen LogP contribution in [0.3, 0.4) is 0 Å². The summed E-state index contributed by atoms with van der Waals surface area (Å²) in [5.74, 6) is 0. The Kier molecular flexibility index (Phi) is 1.04. The minimum absolute atomic E-state index is 0.0255. The molecule has 0 unspecified atom stereocenters.